The first kappa shape index (κ1) is 24.3. The van der Waals surface area contributed by atoms with E-state index in [0.29, 0.717) is 29.4 Å². The number of carbonyl (C=O) groups is 1. The van der Waals surface area contributed by atoms with Gasteiger partial charge in [-0.2, -0.15) is 4.72 Å². The monoisotopic (exact) mass is 468 g/mol. The fraction of sp³-hybridized carbons (Fsp3) is 0.240. The summed E-state index contributed by atoms with van der Waals surface area (Å²) < 4.78 is 39.7. The second kappa shape index (κ2) is 11.0. The van der Waals surface area contributed by atoms with E-state index in [9.17, 15) is 13.2 Å². The summed E-state index contributed by atoms with van der Waals surface area (Å²) in [5.74, 6) is 0.611. The Morgan fingerprint density at radius 2 is 1.67 bits per heavy atom. The minimum atomic E-state index is -3.98. The Balaban J connectivity index is 1.89. The van der Waals surface area contributed by atoms with Crippen molar-refractivity contribution in [3.63, 3.8) is 0 Å². The number of methoxy groups -OCH3 is 1. The summed E-state index contributed by atoms with van der Waals surface area (Å²) in [7, 11) is -2.46. The Morgan fingerprint density at radius 1 is 0.970 bits per heavy atom. The van der Waals surface area contributed by atoms with Crippen LogP contribution in [0, 0.1) is 6.92 Å². The van der Waals surface area contributed by atoms with Gasteiger partial charge in [0, 0.05) is 0 Å². The topological polar surface area (TPSA) is 93.7 Å². The minimum absolute atomic E-state index is 0.0568. The number of sulfonamides is 1. The zero-order valence-corrected chi connectivity index (χ0v) is 19.7. The predicted molar refractivity (Wildman–Crippen MR) is 128 cm³/mol. The Labute approximate surface area is 194 Å². The largest absolute Gasteiger partial charge is 0.496 e. The maximum absolute atomic E-state index is 13.2. The number of nitrogens with one attached hydrogen (secondary N) is 2. The molecule has 0 saturated heterocycles. The van der Waals surface area contributed by atoms with Gasteiger partial charge in [-0.1, -0.05) is 42.5 Å². The summed E-state index contributed by atoms with van der Waals surface area (Å²) in [6.45, 7) is 4.04. The Bertz CT molecular complexity index is 1200. The van der Waals surface area contributed by atoms with Gasteiger partial charge in [-0.3, -0.25) is 4.79 Å². The van der Waals surface area contributed by atoms with Crippen molar-refractivity contribution >= 4 is 21.6 Å². The molecule has 8 heteroatoms. The average Bonchev–Trinajstić information content (AvgIpc) is 2.80. The highest BCUT2D eigenvalue weighted by molar-refractivity contribution is 7.89. The van der Waals surface area contributed by atoms with Gasteiger partial charge in [0.15, 0.2) is 0 Å². The molecule has 3 rings (SSSR count). The molecule has 0 saturated carbocycles. The molecule has 0 spiro atoms. The number of hydrogen-bond donors (Lipinski definition) is 2. The van der Waals surface area contributed by atoms with Gasteiger partial charge in [-0.05, 0) is 61.7 Å². The van der Waals surface area contributed by atoms with Crippen LogP contribution in [0.1, 0.15) is 18.1 Å². The van der Waals surface area contributed by atoms with E-state index in [0.717, 1.165) is 5.56 Å². The molecule has 0 heterocycles. The van der Waals surface area contributed by atoms with E-state index in [1.54, 1.807) is 37.3 Å². The van der Waals surface area contributed by atoms with Crippen molar-refractivity contribution in [2.75, 3.05) is 19.0 Å². The molecule has 0 bridgehead atoms. The first-order valence-corrected chi connectivity index (χ1v) is 12.1. The third-order valence-corrected chi connectivity index (χ3v) is 6.49. The SMILES string of the molecule is CCOc1ccccc1NC(=O)C(Cc1ccccc1)NS(=O)(=O)c1ccc(OC)c(C)c1. The van der Waals surface area contributed by atoms with Gasteiger partial charge >= 0.3 is 0 Å². The second-order valence-electron chi connectivity index (χ2n) is 7.41. The first-order valence-electron chi connectivity index (χ1n) is 10.6. The number of anilines is 1. The van der Waals surface area contributed by atoms with Crippen molar-refractivity contribution in [3.05, 3.63) is 83.9 Å². The van der Waals surface area contributed by atoms with Crippen LogP contribution in [0.4, 0.5) is 5.69 Å². The highest BCUT2D eigenvalue weighted by atomic mass is 32.2. The van der Waals surface area contributed by atoms with Crippen molar-refractivity contribution in [3.8, 4) is 11.5 Å². The first-order chi connectivity index (χ1) is 15.8. The zero-order chi connectivity index (χ0) is 23.8. The fourth-order valence-corrected chi connectivity index (χ4v) is 4.66. The van der Waals surface area contributed by atoms with Gasteiger partial charge in [0.25, 0.3) is 0 Å². The van der Waals surface area contributed by atoms with Crippen LogP contribution in [0.3, 0.4) is 0 Å². The van der Waals surface area contributed by atoms with Crippen LogP contribution >= 0.6 is 0 Å². The molecule has 1 unspecified atom stereocenters. The molecule has 1 amide bonds. The van der Waals surface area contributed by atoms with Crippen LogP contribution < -0.4 is 19.5 Å². The summed E-state index contributed by atoms with van der Waals surface area (Å²) in [5, 5.41) is 2.81. The molecule has 33 heavy (non-hydrogen) atoms. The summed E-state index contributed by atoms with van der Waals surface area (Å²) in [4.78, 5) is 13.3. The van der Waals surface area contributed by atoms with E-state index >= 15 is 0 Å². The number of ether oxygens (including phenoxy) is 2. The Morgan fingerprint density at radius 3 is 2.33 bits per heavy atom. The molecule has 3 aromatic carbocycles. The van der Waals surface area contributed by atoms with Gasteiger partial charge in [-0.25, -0.2) is 8.42 Å². The van der Waals surface area contributed by atoms with Gasteiger partial charge < -0.3 is 14.8 Å². The van der Waals surface area contributed by atoms with Crippen molar-refractivity contribution in [2.24, 2.45) is 0 Å². The van der Waals surface area contributed by atoms with Crippen molar-refractivity contribution in [1.29, 1.82) is 0 Å². The lowest BCUT2D eigenvalue weighted by molar-refractivity contribution is -0.117. The third-order valence-electron chi connectivity index (χ3n) is 5.02. The average molecular weight is 469 g/mol. The maximum atomic E-state index is 13.2. The number of aryl methyl sites for hydroxylation is 1. The number of para-hydroxylation sites is 2. The van der Waals surface area contributed by atoms with Gasteiger partial charge in [-0.15, -0.1) is 0 Å². The third kappa shape index (κ3) is 6.34. The van der Waals surface area contributed by atoms with Crippen LogP contribution in [0.15, 0.2) is 77.7 Å². The number of hydrogen-bond acceptors (Lipinski definition) is 5. The summed E-state index contributed by atoms with van der Waals surface area (Å²) in [6, 6.07) is 19.8. The quantitative estimate of drug-likeness (QED) is 0.470. The molecule has 0 aliphatic rings. The smallest absolute Gasteiger partial charge is 0.243 e. The Kier molecular flexibility index (Phi) is 8.08. The molecule has 3 aromatic rings. The van der Waals surface area contributed by atoms with E-state index in [-0.39, 0.29) is 11.3 Å². The van der Waals surface area contributed by atoms with E-state index in [4.69, 9.17) is 9.47 Å². The zero-order valence-electron chi connectivity index (χ0n) is 18.9. The standard InChI is InChI=1S/C25H28N2O5S/c1-4-32-24-13-9-8-12-21(24)26-25(28)22(17-19-10-6-5-7-11-19)27-33(29,30)20-14-15-23(31-3)18(2)16-20/h5-16,22,27H,4,17H2,1-3H3,(H,26,28). The summed E-state index contributed by atoms with van der Waals surface area (Å²) >= 11 is 0. The van der Waals surface area contributed by atoms with Gasteiger partial charge in [0.2, 0.25) is 15.9 Å². The van der Waals surface area contributed by atoms with Crippen LogP contribution in [-0.2, 0) is 21.2 Å². The van der Waals surface area contributed by atoms with Crippen LogP contribution in [0.2, 0.25) is 0 Å². The van der Waals surface area contributed by atoms with Gasteiger partial charge in [0.05, 0.1) is 24.3 Å². The molecule has 7 nitrogen and oxygen atoms in total. The van der Waals surface area contributed by atoms with E-state index < -0.39 is 22.0 Å². The molecule has 2 N–H and O–H groups in total. The molecular weight excluding hydrogens is 440 g/mol. The lowest BCUT2D eigenvalue weighted by atomic mass is 10.1. The number of carbonyl (C=O) groups excluding carboxylic acids is 1. The molecule has 0 radical (unpaired) electrons. The number of rotatable bonds is 10. The molecule has 174 valence electrons. The normalized spacial score (nSPS) is 12.1. The predicted octanol–water partition coefficient (Wildman–Crippen LogP) is 3.93. The van der Waals surface area contributed by atoms with Gasteiger partial charge in [0.1, 0.15) is 17.5 Å². The number of amides is 1. The van der Waals surface area contributed by atoms with Crippen LogP contribution in [0.5, 0.6) is 11.5 Å². The lowest BCUT2D eigenvalue weighted by Gasteiger charge is -2.20. The van der Waals surface area contributed by atoms with Crippen molar-refractivity contribution in [1.82, 2.24) is 4.72 Å². The van der Waals surface area contributed by atoms with E-state index in [2.05, 4.69) is 10.0 Å². The molecular formula is C25H28N2O5S. The molecule has 1 atom stereocenters. The molecule has 0 aliphatic heterocycles. The van der Waals surface area contributed by atoms with Crippen molar-refractivity contribution < 1.29 is 22.7 Å². The maximum Gasteiger partial charge on any atom is 0.243 e. The molecule has 0 aromatic heterocycles. The van der Waals surface area contributed by atoms with Crippen molar-refractivity contribution in [2.45, 2.75) is 31.2 Å². The van der Waals surface area contributed by atoms with E-state index in [1.165, 1.54) is 19.2 Å². The number of benzene rings is 3. The van der Waals surface area contributed by atoms with Crippen LogP contribution in [-0.4, -0.2) is 34.1 Å². The highest BCUT2D eigenvalue weighted by Gasteiger charge is 2.27. The highest BCUT2D eigenvalue weighted by Crippen LogP contribution is 2.25. The minimum Gasteiger partial charge on any atom is -0.496 e. The molecule has 0 aliphatic carbocycles. The summed E-state index contributed by atoms with van der Waals surface area (Å²) in [6.07, 6.45) is 0.178. The van der Waals surface area contributed by atoms with Crippen LogP contribution in [0.25, 0.3) is 0 Å². The fourth-order valence-electron chi connectivity index (χ4n) is 3.38. The Hall–Kier alpha value is -3.36. The lowest BCUT2D eigenvalue weighted by Crippen LogP contribution is -2.45. The summed E-state index contributed by atoms with van der Waals surface area (Å²) in [5.41, 5.74) is 1.97. The van der Waals surface area contributed by atoms with E-state index in [1.807, 2.05) is 37.3 Å². The molecule has 0 fully saturated rings. The second-order valence-corrected chi connectivity index (χ2v) is 9.13.